The van der Waals surface area contributed by atoms with Crippen LogP contribution in [0.1, 0.15) is 17.5 Å². The van der Waals surface area contributed by atoms with Crippen LogP contribution >= 0.6 is 15.9 Å². The van der Waals surface area contributed by atoms with Crippen molar-refractivity contribution >= 4 is 21.6 Å². The normalized spacial score (nSPS) is 13.2. The summed E-state index contributed by atoms with van der Waals surface area (Å²) < 4.78 is 2.89. The quantitative estimate of drug-likeness (QED) is 0.901. The van der Waals surface area contributed by atoms with Crippen LogP contribution < -0.4 is 5.32 Å². The maximum absolute atomic E-state index is 10.0. The average Bonchev–Trinajstić information content (AvgIpc) is 2.53. The van der Waals surface area contributed by atoms with Crippen LogP contribution in [0.15, 0.2) is 22.8 Å². The first-order chi connectivity index (χ1) is 7.63. The van der Waals surface area contributed by atoms with E-state index >= 15 is 0 Å². The molecule has 86 valence electrons. The Labute approximate surface area is 102 Å². The molecule has 4 nitrogen and oxygen atoms in total. The predicted molar refractivity (Wildman–Crippen MR) is 66.5 cm³/mol. The molecule has 2 heterocycles. The van der Waals surface area contributed by atoms with Crippen molar-refractivity contribution in [1.29, 1.82) is 0 Å². The van der Waals surface area contributed by atoms with Gasteiger partial charge in [0.1, 0.15) is 11.8 Å². The van der Waals surface area contributed by atoms with E-state index in [2.05, 4.69) is 26.2 Å². The number of pyridine rings is 1. The summed E-state index contributed by atoms with van der Waals surface area (Å²) in [6.07, 6.45) is 1.37. The number of nitrogens with zero attached hydrogens (tertiary/aromatic N) is 2. The second-order valence-corrected chi connectivity index (χ2v) is 4.65. The highest BCUT2D eigenvalue weighted by Gasteiger charge is 2.16. The first-order valence-corrected chi connectivity index (χ1v) is 5.89. The van der Waals surface area contributed by atoms with Crippen molar-refractivity contribution in [3.63, 3.8) is 0 Å². The van der Waals surface area contributed by atoms with Gasteiger partial charge in [-0.1, -0.05) is 0 Å². The number of likely N-dealkylation sites (N-methyl/N-ethyl adjacent to an activating group) is 1. The Bertz CT molecular complexity index is 509. The number of aromatic nitrogens is 2. The Morgan fingerprint density at radius 1 is 1.56 bits per heavy atom. The van der Waals surface area contributed by atoms with Crippen LogP contribution in [0.5, 0.6) is 0 Å². The molecular formula is C11H14BrN3O. The number of rotatable bonds is 3. The van der Waals surface area contributed by atoms with E-state index in [4.69, 9.17) is 0 Å². The van der Waals surface area contributed by atoms with E-state index in [1.807, 2.05) is 36.7 Å². The Kier molecular flexibility index (Phi) is 3.28. The average molecular weight is 284 g/mol. The van der Waals surface area contributed by atoms with Crippen LogP contribution in [-0.4, -0.2) is 28.1 Å². The van der Waals surface area contributed by atoms with Gasteiger partial charge in [0, 0.05) is 17.2 Å². The monoisotopic (exact) mass is 283 g/mol. The van der Waals surface area contributed by atoms with Crippen molar-refractivity contribution in [2.75, 3.05) is 13.6 Å². The van der Waals surface area contributed by atoms with Gasteiger partial charge in [-0.25, -0.2) is 4.98 Å². The van der Waals surface area contributed by atoms with Crippen LogP contribution in [0.4, 0.5) is 0 Å². The minimum atomic E-state index is -0.547. The molecular weight excluding hydrogens is 270 g/mol. The molecule has 0 aliphatic rings. The summed E-state index contributed by atoms with van der Waals surface area (Å²) in [7, 11) is 1.82. The van der Waals surface area contributed by atoms with Gasteiger partial charge in [0.15, 0.2) is 0 Å². The van der Waals surface area contributed by atoms with Gasteiger partial charge in [-0.15, -0.1) is 0 Å². The fourth-order valence-electron chi connectivity index (χ4n) is 1.85. The molecule has 0 aliphatic heterocycles. The van der Waals surface area contributed by atoms with E-state index in [0.717, 1.165) is 21.5 Å². The molecule has 5 heteroatoms. The SMILES string of the molecule is CNCC(O)c1c(C)nc2ccc(Br)cn12. The zero-order valence-corrected chi connectivity index (χ0v) is 10.8. The number of fused-ring (bicyclic) bond motifs is 1. The Hall–Kier alpha value is -0.910. The molecule has 2 aromatic heterocycles. The summed E-state index contributed by atoms with van der Waals surface area (Å²) in [4.78, 5) is 4.41. The maximum Gasteiger partial charge on any atom is 0.137 e. The molecule has 1 unspecified atom stereocenters. The molecule has 0 aromatic carbocycles. The van der Waals surface area contributed by atoms with Crippen molar-refractivity contribution < 1.29 is 5.11 Å². The summed E-state index contributed by atoms with van der Waals surface area (Å²) in [5, 5.41) is 13.0. The molecule has 0 bridgehead atoms. The first kappa shape index (κ1) is 11.6. The Morgan fingerprint density at radius 3 is 3.00 bits per heavy atom. The molecule has 2 aromatic rings. The van der Waals surface area contributed by atoms with Crippen LogP contribution in [-0.2, 0) is 0 Å². The summed E-state index contributed by atoms with van der Waals surface area (Å²) in [6, 6.07) is 3.86. The van der Waals surface area contributed by atoms with Crippen LogP contribution in [0.2, 0.25) is 0 Å². The summed E-state index contributed by atoms with van der Waals surface area (Å²) in [6.45, 7) is 2.43. The summed E-state index contributed by atoms with van der Waals surface area (Å²) >= 11 is 3.42. The van der Waals surface area contributed by atoms with Crippen LogP contribution in [0.25, 0.3) is 5.65 Å². The summed E-state index contributed by atoms with van der Waals surface area (Å²) in [5.41, 5.74) is 2.55. The van der Waals surface area contributed by atoms with Crippen molar-refractivity contribution in [3.05, 3.63) is 34.2 Å². The van der Waals surface area contributed by atoms with Gasteiger partial charge in [0.05, 0.1) is 11.4 Å². The van der Waals surface area contributed by atoms with Gasteiger partial charge in [-0.05, 0) is 42.0 Å². The lowest BCUT2D eigenvalue weighted by Crippen LogP contribution is -2.18. The predicted octanol–water partition coefficient (Wildman–Crippen LogP) is 1.66. The molecule has 0 spiro atoms. The van der Waals surface area contributed by atoms with E-state index in [0.29, 0.717) is 6.54 Å². The minimum absolute atomic E-state index is 0.515. The van der Waals surface area contributed by atoms with Crippen LogP contribution in [0.3, 0.4) is 0 Å². The molecule has 16 heavy (non-hydrogen) atoms. The number of hydrogen-bond donors (Lipinski definition) is 2. The lowest BCUT2D eigenvalue weighted by atomic mass is 10.2. The van der Waals surface area contributed by atoms with Gasteiger partial charge in [-0.3, -0.25) is 4.40 Å². The molecule has 2 N–H and O–H groups in total. The van der Waals surface area contributed by atoms with Crippen molar-refractivity contribution in [1.82, 2.24) is 14.7 Å². The lowest BCUT2D eigenvalue weighted by Gasteiger charge is -2.11. The van der Waals surface area contributed by atoms with Crippen LogP contribution in [0, 0.1) is 6.92 Å². The van der Waals surface area contributed by atoms with Gasteiger partial charge in [0.25, 0.3) is 0 Å². The third kappa shape index (κ3) is 1.98. The lowest BCUT2D eigenvalue weighted by molar-refractivity contribution is 0.171. The van der Waals surface area contributed by atoms with E-state index in [1.165, 1.54) is 0 Å². The van der Waals surface area contributed by atoms with E-state index < -0.39 is 6.10 Å². The van der Waals surface area contributed by atoms with E-state index in [1.54, 1.807) is 0 Å². The second kappa shape index (κ2) is 4.53. The zero-order valence-electron chi connectivity index (χ0n) is 9.24. The zero-order chi connectivity index (χ0) is 11.7. The third-order valence-electron chi connectivity index (χ3n) is 2.52. The van der Waals surface area contributed by atoms with Gasteiger partial charge in [-0.2, -0.15) is 0 Å². The van der Waals surface area contributed by atoms with Gasteiger partial charge < -0.3 is 10.4 Å². The van der Waals surface area contributed by atoms with Crippen molar-refractivity contribution in [2.24, 2.45) is 0 Å². The number of aryl methyl sites for hydroxylation is 1. The molecule has 0 radical (unpaired) electrons. The van der Waals surface area contributed by atoms with Crippen molar-refractivity contribution in [2.45, 2.75) is 13.0 Å². The number of nitrogens with one attached hydrogen (secondary N) is 1. The minimum Gasteiger partial charge on any atom is -0.385 e. The second-order valence-electron chi connectivity index (χ2n) is 3.73. The highest BCUT2D eigenvalue weighted by Crippen LogP contribution is 2.21. The number of aliphatic hydroxyl groups is 1. The van der Waals surface area contributed by atoms with Gasteiger partial charge >= 0.3 is 0 Å². The third-order valence-corrected chi connectivity index (χ3v) is 2.99. The first-order valence-electron chi connectivity index (χ1n) is 5.10. The molecule has 0 aliphatic carbocycles. The maximum atomic E-state index is 10.0. The summed E-state index contributed by atoms with van der Waals surface area (Å²) in [5.74, 6) is 0. The highest BCUT2D eigenvalue weighted by molar-refractivity contribution is 9.10. The topological polar surface area (TPSA) is 49.6 Å². The molecule has 0 saturated carbocycles. The van der Waals surface area contributed by atoms with Gasteiger partial charge in [0.2, 0.25) is 0 Å². The number of imidazole rings is 1. The number of halogens is 1. The van der Waals surface area contributed by atoms with Crippen molar-refractivity contribution in [3.8, 4) is 0 Å². The number of aliphatic hydroxyl groups excluding tert-OH is 1. The standard InChI is InChI=1S/C11H14BrN3O/c1-7-11(9(16)5-13-2)15-6-8(12)3-4-10(15)14-7/h3-4,6,9,13,16H,5H2,1-2H3. The van der Waals surface area contributed by atoms with E-state index in [9.17, 15) is 5.11 Å². The fraction of sp³-hybridized carbons (Fsp3) is 0.364. The van der Waals surface area contributed by atoms with E-state index in [-0.39, 0.29) is 0 Å². The number of hydrogen-bond acceptors (Lipinski definition) is 3. The molecule has 0 saturated heterocycles. The fourth-order valence-corrected chi connectivity index (χ4v) is 2.18. The molecule has 2 rings (SSSR count). The largest absolute Gasteiger partial charge is 0.385 e. The smallest absolute Gasteiger partial charge is 0.137 e. The highest BCUT2D eigenvalue weighted by atomic mass is 79.9. The Morgan fingerprint density at radius 2 is 2.31 bits per heavy atom. The Balaban J connectivity index is 2.58. The molecule has 0 fully saturated rings. The molecule has 0 amide bonds. The molecule has 1 atom stereocenters.